The fourth-order valence-corrected chi connectivity index (χ4v) is 3.08. The van der Waals surface area contributed by atoms with Gasteiger partial charge in [0.2, 0.25) is 0 Å². The summed E-state index contributed by atoms with van der Waals surface area (Å²) in [4.78, 5) is 16.5. The number of ether oxygens (including phenoxy) is 1. The highest BCUT2D eigenvalue weighted by Crippen LogP contribution is 2.33. The Morgan fingerprint density at radius 2 is 1.92 bits per heavy atom. The quantitative estimate of drug-likeness (QED) is 0.635. The van der Waals surface area contributed by atoms with Crippen LogP contribution < -0.4 is 22.1 Å². The number of piperidine rings is 1. The highest BCUT2D eigenvalue weighted by molar-refractivity contribution is 5.92. The third-order valence-corrected chi connectivity index (χ3v) is 4.46. The fraction of sp³-hybridized carbons (Fsp3) is 0.333. The van der Waals surface area contributed by atoms with Crippen molar-refractivity contribution in [3.05, 3.63) is 48.3 Å². The Morgan fingerprint density at radius 3 is 2.64 bits per heavy atom. The van der Waals surface area contributed by atoms with Crippen molar-refractivity contribution in [3.63, 3.8) is 0 Å². The van der Waals surface area contributed by atoms with E-state index in [9.17, 15) is 4.79 Å². The molecular weight excluding hydrogens is 318 g/mol. The van der Waals surface area contributed by atoms with E-state index in [0.29, 0.717) is 17.1 Å². The summed E-state index contributed by atoms with van der Waals surface area (Å²) in [6, 6.07) is 8.87. The van der Waals surface area contributed by atoms with Gasteiger partial charge in [0.25, 0.3) is 0 Å². The summed E-state index contributed by atoms with van der Waals surface area (Å²) in [5, 5.41) is 6.02. The van der Waals surface area contributed by atoms with Crippen LogP contribution in [0, 0.1) is 5.92 Å². The van der Waals surface area contributed by atoms with Crippen molar-refractivity contribution in [2.45, 2.75) is 18.9 Å². The van der Waals surface area contributed by atoms with Gasteiger partial charge in [-0.15, -0.1) is 0 Å². The molecule has 1 unspecified atom stereocenters. The predicted octanol–water partition coefficient (Wildman–Crippen LogP) is 2.54. The zero-order valence-corrected chi connectivity index (χ0v) is 13.9. The maximum atomic E-state index is 12.4. The summed E-state index contributed by atoms with van der Waals surface area (Å²) in [7, 11) is 0. The number of para-hydroxylation sites is 1. The number of pyridine rings is 1. The lowest BCUT2D eigenvalue weighted by molar-refractivity contribution is 0.0591. The highest BCUT2D eigenvalue weighted by atomic mass is 16.6. The molecule has 7 nitrogen and oxygen atoms in total. The van der Waals surface area contributed by atoms with E-state index in [0.717, 1.165) is 31.5 Å². The molecule has 7 heteroatoms. The number of carbonyl (C=O) groups is 1. The second-order valence-corrected chi connectivity index (χ2v) is 6.13. The lowest BCUT2D eigenvalue weighted by Gasteiger charge is -2.30. The number of nitrogens with two attached hydrogens (primary N) is 2. The van der Waals surface area contributed by atoms with Gasteiger partial charge in [-0.3, -0.25) is 10.3 Å². The number of anilines is 3. The van der Waals surface area contributed by atoms with Gasteiger partial charge in [-0.2, -0.15) is 0 Å². The highest BCUT2D eigenvalue weighted by Gasteiger charge is 2.28. The lowest BCUT2D eigenvalue weighted by atomic mass is 9.88. The first-order valence-corrected chi connectivity index (χ1v) is 8.37. The molecule has 6 N–H and O–H groups in total. The number of rotatable bonds is 4. The molecule has 0 spiro atoms. The zero-order valence-electron chi connectivity index (χ0n) is 13.9. The maximum Gasteiger partial charge on any atom is 0.412 e. The van der Waals surface area contributed by atoms with Gasteiger partial charge in [0.1, 0.15) is 6.10 Å². The van der Waals surface area contributed by atoms with Crippen LogP contribution in [0.1, 0.15) is 24.5 Å². The standard InChI is InChI=1S/C18H23N5O2/c19-14-2-1-3-15(16(14)20)23-18(24)25-17(12-4-8-21-9-5-12)13-6-10-22-11-7-13/h1-5,8-9,13,17,22H,6-7,10-11,19-20H2,(H,23,24). The topological polar surface area (TPSA) is 115 Å². The number of amides is 1. The minimum Gasteiger partial charge on any atom is -0.441 e. The van der Waals surface area contributed by atoms with Gasteiger partial charge < -0.3 is 21.5 Å². The maximum absolute atomic E-state index is 12.4. The van der Waals surface area contributed by atoms with E-state index in [-0.39, 0.29) is 12.0 Å². The van der Waals surface area contributed by atoms with E-state index in [2.05, 4.69) is 15.6 Å². The molecule has 25 heavy (non-hydrogen) atoms. The first kappa shape index (κ1) is 17.0. The van der Waals surface area contributed by atoms with Gasteiger partial charge in [-0.1, -0.05) is 6.07 Å². The first-order valence-electron chi connectivity index (χ1n) is 8.37. The summed E-state index contributed by atoms with van der Waals surface area (Å²) in [5.41, 5.74) is 13.8. The molecule has 1 amide bonds. The summed E-state index contributed by atoms with van der Waals surface area (Å²) in [6.45, 7) is 1.83. The molecule has 1 aliphatic rings. The zero-order chi connectivity index (χ0) is 17.6. The lowest BCUT2D eigenvalue weighted by Crippen LogP contribution is -2.33. The third kappa shape index (κ3) is 4.19. The number of hydrogen-bond acceptors (Lipinski definition) is 6. The van der Waals surface area contributed by atoms with Crippen LogP contribution in [0.25, 0.3) is 0 Å². The molecule has 1 fully saturated rings. The Hall–Kier alpha value is -2.80. The summed E-state index contributed by atoms with van der Waals surface area (Å²) in [5.74, 6) is 0.257. The molecule has 1 atom stereocenters. The van der Waals surface area contributed by atoms with Crippen LogP contribution in [-0.4, -0.2) is 24.2 Å². The number of nitrogens with zero attached hydrogens (tertiary/aromatic N) is 1. The number of carbonyl (C=O) groups excluding carboxylic acids is 1. The van der Waals surface area contributed by atoms with E-state index in [4.69, 9.17) is 16.2 Å². The van der Waals surface area contributed by atoms with Crippen molar-refractivity contribution in [2.24, 2.45) is 5.92 Å². The van der Waals surface area contributed by atoms with Crippen LogP contribution in [-0.2, 0) is 4.74 Å². The number of benzene rings is 1. The van der Waals surface area contributed by atoms with Crippen molar-refractivity contribution < 1.29 is 9.53 Å². The SMILES string of the molecule is Nc1cccc(NC(=O)OC(c2ccncc2)C2CCNCC2)c1N. The molecule has 1 aromatic carbocycles. The van der Waals surface area contributed by atoms with E-state index in [1.807, 2.05) is 12.1 Å². The molecule has 0 saturated carbocycles. The van der Waals surface area contributed by atoms with Gasteiger partial charge in [-0.05, 0) is 55.8 Å². The molecule has 1 aliphatic heterocycles. The molecule has 1 saturated heterocycles. The Labute approximate surface area is 146 Å². The van der Waals surface area contributed by atoms with Gasteiger partial charge in [0, 0.05) is 18.3 Å². The average molecular weight is 341 g/mol. The van der Waals surface area contributed by atoms with Crippen molar-refractivity contribution in [1.82, 2.24) is 10.3 Å². The van der Waals surface area contributed by atoms with Crippen LogP contribution in [0.2, 0.25) is 0 Å². The van der Waals surface area contributed by atoms with Crippen LogP contribution in [0.3, 0.4) is 0 Å². The molecule has 0 bridgehead atoms. The molecule has 132 valence electrons. The van der Waals surface area contributed by atoms with Gasteiger partial charge in [0.05, 0.1) is 17.1 Å². The van der Waals surface area contributed by atoms with E-state index in [1.165, 1.54) is 0 Å². The van der Waals surface area contributed by atoms with Crippen molar-refractivity contribution in [1.29, 1.82) is 0 Å². The van der Waals surface area contributed by atoms with Crippen molar-refractivity contribution in [2.75, 3.05) is 29.9 Å². The molecule has 3 rings (SSSR count). The average Bonchev–Trinajstić information content (AvgIpc) is 2.65. The van der Waals surface area contributed by atoms with Crippen LogP contribution in [0.4, 0.5) is 21.9 Å². The Morgan fingerprint density at radius 1 is 1.20 bits per heavy atom. The van der Waals surface area contributed by atoms with Crippen LogP contribution in [0.5, 0.6) is 0 Å². The second-order valence-electron chi connectivity index (χ2n) is 6.13. The Bertz CT molecular complexity index is 717. The van der Waals surface area contributed by atoms with E-state index >= 15 is 0 Å². The third-order valence-electron chi connectivity index (χ3n) is 4.46. The molecule has 2 aromatic rings. The van der Waals surface area contributed by atoms with Crippen molar-refractivity contribution >= 4 is 23.2 Å². The number of aromatic nitrogens is 1. The minimum absolute atomic E-state index is 0.257. The molecule has 0 aliphatic carbocycles. The largest absolute Gasteiger partial charge is 0.441 e. The molecular formula is C18H23N5O2. The van der Waals surface area contributed by atoms with Gasteiger partial charge in [-0.25, -0.2) is 4.79 Å². The van der Waals surface area contributed by atoms with Gasteiger partial charge >= 0.3 is 6.09 Å². The predicted molar refractivity (Wildman–Crippen MR) is 97.9 cm³/mol. The Kier molecular flexibility index (Phi) is 5.35. The second kappa shape index (κ2) is 7.85. The molecule has 2 heterocycles. The normalized spacial score (nSPS) is 16.2. The van der Waals surface area contributed by atoms with E-state index in [1.54, 1.807) is 30.6 Å². The Balaban J connectivity index is 1.75. The summed E-state index contributed by atoms with van der Waals surface area (Å²) >= 11 is 0. The minimum atomic E-state index is -0.544. The van der Waals surface area contributed by atoms with E-state index < -0.39 is 6.09 Å². The number of hydrogen-bond donors (Lipinski definition) is 4. The smallest absolute Gasteiger partial charge is 0.412 e. The van der Waals surface area contributed by atoms with Crippen LogP contribution >= 0.6 is 0 Å². The summed E-state index contributed by atoms with van der Waals surface area (Å²) in [6.07, 6.45) is 4.44. The van der Waals surface area contributed by atoms with Crippen molar-refractivity contribution in [3.8, 4) is 0 Å². The fourth-order valence-electron chi connectivity index (χ4n) is 3.08. The number of nitrogen functional groups attached to an aromatic ring is 2. The molecule has 1 aromatic heterocycles. The van der Waals surface area contributed by atoms with Crippen LogP contribution in [0.15, 0.2) is 42.7 Å². The molecule has 0 radical (unpaired) electrons. The van der Waals surface area contributed by atoms with Gasteiger partial charge in [0.15, 0.2) is 0 Å². The number of nitrogens with one attached hydrogen (secondary N) is 2. The first-order chi connectivity index (χ1) is 12.1. The monoisotopic (exact) mass is 341 g/mol. The summed E-state index contributed by atoms with van der Waals surface area (Å²) < 4.78 is 5.77.